The van der Waals surface area contributed by atoms with Gasteiger partial charge >= 0.3 is 0 Å². The van der Waals surface area contributed by atoms with Crippen LogP contribution in [0.15, 0.2) is 40.8 Å². The number of thiophene rings is 1. The molecule has 0 aliphatic heterocycles. The van der Waals surface area contributed by atoms with Gasteiger partial charge in [-0.05, 0) is 36.8 Å². The lowest BCUT2D eigenvalue weighted by Crippen LogP contribution is -2.21. The number of amides is 1. The third kappa shape index (κ3) is 3.12. The van der Waals surface area contributed by atoms with E-state index in [2.05, 4.69) is 42.6 Å². The molecule has 0 bridgehead atoms. The lowest BCUT2D eigenvalue weighted by molar-refractivity contribution is 0.0955. The minimum Gasteiger partial charge on any atom is -0.267 e. The van der Waals surface area contributed by atoms with Gasteiger partial charge in [-0.1, -0.05) is 38.1 Å². The van der Waals surface area contributed by atoms with E-state index in [9.17, 15) is 4.79 Å². The Hall–Kier alpha value is -1.94. The van der Waals surface area contributed by atoms with Crippen LogP contribution in [0.25, 0.3) is 0 Å². The summed E-state index contributed by atoms with van der Waals surface area (Å²) < 4.78 is 0. The maximum absolute atomic E-state index is 12.2. The molecule has 114 valence electrons. The van der Waals surface area contributed by atoms with Crippen LogP contribution in [0.1, 0.15) is 59.0 Å². The van der Waals surface area contributed by atoms with Crippen LogP contribution >= 0.6 is 11.3 Å². The molecule has 1 heterocycles. The number of carbonyl (C=O) groups excluding carboxylic acids is 1. The van der Waals surface area contributed by atoms with Gasteiger partial charge in [0.25, 0.3) is 5.91 Å². The second kappa shape index (κ2) is 6.44. The molecule has 1 amide bonds. The van der Waals surface area contributed by atoms with E-state index in [4.69, 9.17) is 0 Å². The zero-order valence-corrected chi connectivity index (χ0v) is 13.7. The number of rotatable bonds is 3. The Balaban J connectivity index is 1.75. The van der Waals surface area contributed by atoms with Crippen molar-refractivity contribution in [3.05, 3.63) is 57.3 Å². The third-order valence-electron chi connectivity index (χ3n) is 3.93. The lowest BCUT2D eigenvalue weighted by atomic mass is 9.90. The number of nitrogens with one attached hydrogen (secondary N) is 1. The molecule has 0 spiro atoms. The summed E-state index contributed by atoms with van der Waals surface area (Å²) in [6, 6.07) is 10.3. The molecule has 0 fully saturated rings. The highest BCUT2D eigenvalue weighted by atomic mass is 32.1. The summed E-state index contributed by atoms with van der Waals surface area (Å²) in [5, 5.41) is 6.28. The van der Waals surface area contributed by atoms with Crippen molar-refractivity contribution in [3.63, 3.8) is 0 Å². The molecule has 0 radical (unpaired) electrons. The first kappa shape index (κ1) is 15.0. The monoisotopic (exact) mass is 312 g/mol. The quantitative estimate of drug-likeness (QED) is 0.842. The highest BCUT2D eigenvalue weighted by molar-refractivity contribution is 7.10. The molecule has 1 aliphatic rings. The second-order valence-corrected chi connectivity index (χ2v) is 6.85. The summed E-state index contributed by atoms with van der Waals surface area (Å²) in [4.78, 5) is 13.4. The normalized spacial score (nSPS) is 15.9. The third-order valence-corrected chi connectivity index (χ3v) is 5.16. The number of hydrogen-bond acceptors (Lipinski definition) is 3. The summed E-state index contributed by atoms with van der Waals surface area (Å²) >= 11 is 1.63. The topological polar surface area (TPSA) is 41.5 Å². The summed E-state index contributed by atoms with van der Waals surface area (Å²) in [5.41, 5.74) is 6.88. The van der Waals surface area contributed by atoms with Crippen LogP contribution in [0.2, 0.25) is 0 Å². The average Bonchev–Trinajstić information content (AvgIpc) is 3.03. The molecular formula is C18H20N2OS. The fourth-order valence-electron chi connectivity index (χ4n) is 2.67. The number of hydrogen-bond donors (Lipinski definition) is 1. The summed E-state index contributed by atoms with van der Waals surface area (Å²) in [6.45, 7) is 4.26. The number of benzene rings is 1. The van der Waals surface area contributed by atoms with Crippen LogP contribution in [-0.2, 0) is 6.42 Å². The molecule has 1 aromatic carbocycles. The Kier molecular flexibility index (Phi) is 4.39. The van der Waals surface area contributed by atoms with Gasteiger partial charge in [0.05, 0.1) is 11.3 Å². The SMILES string of the molecule is CC(C)c1cc(C(=O)NN=C2CCCc3ccccc32)cs1. The van der Waals surface area contributed by atoms with Crippen LogP contribution < -0.4 is 5.43 Å². The van der Waals surface area contributed by atoms with E-state index < -0.39 is 0 Å². The molecular weight excluding hydrogens is 292 g/mol. The highest BCUT2D eigenvalue weighted by Gasteiger charge is 2.16. The van der Waals surface area contributed by atoms with E-state index in [1.54, 1.807) is 11.3 Å². The van der Waals surface area contributed by atoms with Crippen molar-refractivity contribution in [2.45, 2.75) is 39.0 Å². The molecule has 0 atom stereocenters. The first-order valence-electron chi connectivity index (χ1n) is 7.69. The maximum Gasteiger partial charge on any atom is 0.272 e. The average molecular weight is 312 g/mol. The second-order valence-electron chi connectivity index (χ2n) is 5.90. The van der Waals surface area contributed by atoms with Gasteiger partial charge in [0.1, 0.15) is 0 Å². The fraction of sp³-hybridized carbons (Fsp3) is 0.333. The fourth-order valence-corrected chi connectivity index (χ4v) is 3.58. The minimum absolute atomic E-state index is 0.126. The van der Waals surface area contributed by atoms with Crippen molar-refractivity contribution in [1.82, 2.24) is 5.43 Å². The lowest BCUT2D eigenvalue weighted by Gasteiger charge is -2.17. The Bertz CT molecular complexity index is 715. The van der Waals surface area contributed by atoms with Crippen molar-refractivity contribution in [2.24, 2.45) is 5.10 Å². The number of aryl methyl sites for hydroxylation is 1. The Labute approximate surface area is 135 Å². The molecule has 4 heteroatoms. The van der Waals surface area contributed by atoms with Gasteiger partial charge in [-0.15, -0.1) is 11.3 Å². The largest absolute Gasteiger partial charge is 0.272 e. The smallest absolute Gasteiger partial charge is 0.267 e. The molecule has 2 aromatic rings. The number of fused-ring (bicyclic) bond motifs is 1. The molecule has 0 saturated heterocycles. The highest BCUT2D eigenvalue weighted by Crippen LogP contribution is 2.23. The van der Waals surface area contributed by atoms with Crippen LogP contribution in [0.4, 0.5) is 0 Å². The number of nitrogens with zero attached hydrogens (tertiary/aromatic N) is 1. The first-order valence-corrected chi connectivity index (χ1v) is 8.56. The molecule has 1 aliphatic carbocycles. The molecule has 1 N–H and O–H groups in total. The van der Waals surface area contributed by atoms with Crippen molar-refractivity contribution >= 4 is 23.0 Å². The van der Waals surface area contributed by atoms with E-state index in [0.717, 1.165) is 25.0 Å². The zero-order chi connectivity index (χ0) is 15.5. The zero-order valence-electron chi connectivity index (χ0n) is 12.9. The summed E-state index contributed by atoms with van der Waals surface area (Å²) in [5.74, 6) is 0.321. The predicted molar refractivity (Wildman–Crippen MR) is 91.8 cm³/mol. The molecule has 0 saturated carbocycles. The Morgan fingerprint density at radius 2 is 2.09 bits per heavy atom. The van der Waals surface area contributed by atoms with Gasteiger partial charge in [-0.3, -0.25) is 4.79 Å². The first-order chi connectivity index (χ1) is 10.6. The molecule has 22 heavy (non-hydrogen) atoms. The van der Waals surface area contributed by atoms with Crippen molar-refractivity contribution in [3.8, 4) is 0 Å². The van der Waals surface area contributed by atoms with Crippen LogP contribution in [0, 0.1) is 0 Å². The van der Waals surface area contributed by atoms with E-state index in [0.29, 0.717) is 11.5 Å². The van der Waals surface area contributed by atoms with Gasteiger partial charge in [-0.25, -0.2) is 5.43 Å². The van der Waals surface area contributed by atoms with E-state index in [1.165, 1.54) is 16.0 Å². The number of carbonyl (C=O) groups is 1. The van der Waals surface area contributed by atoms with Crippen LogP contribution in [0.5, 0.6) is 0 Å². The van der Waals surface area contributed by atoms with Crippen molar-refractivity contribution < 1.29 is 4.79 Å². The molecule has 0 unspecified atom stereocenters. The molecule has 3 nitrogen and oxygen atoms in total. The van der Waals surface area contributed by atoms with E-state index in [-0.39, 0.29) is 5.91 Å². The Morgan fingerprint density at radius 1 is 1.27 bits per heavy atom. The van der Waals surface area contributed by atoms with Gasteiger partial charge in [0, 0.05) is 15.8 Å². The van der Waals surface area contributed by atoms with Crippen molar-refractivity contribution in [2.75, 3.05) is 0 Å². The van der Waals surface area contributed by atoms with Gasteiger partial charge in [0.15, 0.2) is 0 Å². The maximum atomic E-state index is 12.2. The number of hydrazone groups is 1. The van der Waals surface area contributed by atoms with E-state index in [1.807, 2.05) is 17.5 Å². The van der Waals surface area contributed by atoms with Gasteiger partial charge in [-0.2, -0.15) is 5.10 Å². The molecule has 1 aromatic heterocycles. The molecule has 3 rings (SSSR count). The van der Waals surface area contributed by atoms with Gasteiger partial charge in [0.2, 0.25) is 0 Å². The minimum atomic E-state index is -0.126. The Morgan fingerprint density at radius 3 is 2.86 bits per heavy atom. The van der Waals surface area contributed by atoms with E-state index >= 15 is 0 Å². The van der Waals surface area contributed by atoms with Crippen LogP contribution in [0.3, 0.4) is 0 Å². The predicted octanol–water partition coefficient (Wildman–Crippen LogP) is 4.34. The van der Waals surface area contributed by atoms with Crippen LogP contribution in [-0.4, -0.2) is 11.6 Å². The summed E-state index contributed by atoms with van der Waals surface area (Å²) in [6.07, 6.45) is 3.09. The van der Waals surface area contributed by atoms with Gasteiger partial charge < -0.3 is 0 Å². The standard InChI is InChI=1S/C18H20N2OS/c1-12(2)17-10-14(11-22-17)18(21)20-19-16-9-5-7-13-6-3-4-8-15(13)16/h3-4,6,8,10-12H,5,7,9H2,1-2H3,(H,20,21). The summed E-state index contributed by atoms with van der Waals surface area (Å²) in [7, 11) is 0. The van der Waals surface area contributed by atoms with Crippen molar-refractivity contribution in [1.29, 1.82) is 0 Å².